The van der Waals surface area contributed by atoms with E-state index in [4.69, 9.17) is 0 Å². The van der Waals surface area contributed by atoms with Crippen molar-refractivity contribution in [3.8, 4) is 11.3 Å². The number of aromatic nitrogens is 1. The lowest BCUT2D eigenvalue weighted by atomic mass is 10.1. The number of rotatable bonds is 4. The summed E-state index contributed by atoms with van der Waals surface area (Å²) < 4.78 is 0. The van der Waals surface area contributed by atoms with Crippen LogP contribution in [-0.2, 0) is 11.2 Å². The summed E-state index contributed by atoms with van der Waals surface area (Å²) in [6.45, 7) is 5.99. The van der Waals surface area contributed by atoms with E-state index in [1.54, 1.807) is 11.3 Å². The molecule has 4 nitrogen and oxygen atoms in total. The van der Waals surface area contributed by atoms with Gasteiger partial charge in [0, 0.05) is 23.0 Å². The van der Waals surface area contributed by atoms with Crippen LogP contribution < -0.4 is 10.6 Å². The van der Waals surface area contributed by atoms with E-state index in [9.17, 15) is 4.79 Å². The molecule has 138 valence electrons. The maximum Gasteiger partial charge on any atom is 0.225 e. The van der Waals surface area contributed by atoms with E-state index >= 15 is 0 Å². The average Bonchev–Trinajstić information content (AvgIpc) is 2.89. The van der Waals surface area contributed by atoms with Gasteiger partial charge in [0.15, 0.2) is 0 Å². The highest BCUT2D eigenvalue weighted by Crippen LogP contribution is 2.28. The number of piperidine rings is 1. The van der Waals surface area contributed by atoms with E-state index < -0.39 is 0 Å². The third-order valence-electron chi connectivity index (χ3n) is 4.11. The van der Waals surface area contributed by atoms with Crippen molar-refractivity contribution in [3.63, 3.8) is 0 Å². The van der Waals surface area contributed by atoms with Crippen molar-refractivity contribution in [2.45, 2.75) is 39.2 Å². The molecule has 1 amide bonds. The predicted octanol–water partition coefficient (Wildman–Crippen LogP) is 3.68. The van der Waals surface area contributed by atoms with Crippen LogP contribution in [0.15, 0.2) is 24.3 Å². The largest absolute Gasteiger partial charge is 0.352 e. The zero-order chi connectivity index (χ0) is 16.2. The highest BCUT2D eigenvalue weighted by Gasteiger charge is 2.18. The highest BCUT2D eigenvalue weighted by atomic mass is 35.5. The minimum atomic E-state index is 0. The standard InChI is InChI=1S/C18H23N3OS.2ClH/c1-12-5-7-14(8-6-12)18-16(23-13(2)20-18)10-17(22)21-15-4-3-9-19-11-15;;/h5-8,15,19H,3-4,9-11H2,1-2H3,(H,21,22);2*1H/t15-;;/m0../s1. The van der Waals surface area contributed by atoms with Crippen molar-refractivity contribution in [3.05, 3.63) is 39.7 Å². The van der Waals surface area contributed by atoms with Crippen LogP contribution in [0.4, 0.5) is 0 Å². The molecule has 25 heavy (non-hydrogen) atoms. The number of nitrogens with one attached hydrogen (secondary N) is 2. The summed E-state index contributed by atoms with van der Waals surface area (Å²) in [6.07, 6.45) is 2.59. The molecule has 0 radical (unpaired) electrons. The molecule has 7 heteroatoms. The molecule has 1 atom stereocenters. The van der Waals surface area contributed by atoms with Crippen molar-refractivity contribution >= 4 is 42.1 Å². The maximum absolute atomic E-state index is 12.4. The molecule has 1 fully saturated rings. The number of thiazole rings is 1. The number of amides is 1. The lowest BCUT2D eigenvalue weighted by molar-refractivity contribution is -0.121. The molecule has 0 saturated carbocycles. The van der Waals surface area contributed by atoms with Crippen LogP contribution in [0, 0.1) is 13.8 Å². The Morgan fingerprint density at radius 3 is 2.64 bits per heavy atom. The number of carbonyl (C=O) groups is 1. The monoisotopic (exact) mass is 401 g/mol. The highest BCUT2D eigenvalue weighted by molar-refractivity contribution is 7.12. The Morgan fingerprint density at radius 1 is 1.28 bits per heavy atom. The molecule has 0 bridgehead atoms. The Bertz CT molecular complexity index is 682. The lowest BCUT2D eigenvalue weighted by Crippen LogP contribution is -2.46. The number of nitrogens with zero attached hydrogens (tertiary/aromatic N) is 1. The van der Waals surface area contributed by atoms with Gasteiger partial charge in [-0.25, -0.2) is 4.98 Å². The Hall–Kier alpha value is -1.14. The molecule has 0 aliphatic carbocycles. The second kappa shape index (κ2) is 10.1. The van der Waals surface area contributed by atoms with Crippen molar-refractivity contribution in [2.24, 2.45) is 0 Å². The molecule has 1 saturated heterocycles. The lowest BCUT2D eigenvalue weighted by Gasteiger charge is -2.23. The van der Waals surface area contributed by atoms with E-state index in [0.717, 1.165) is 47.1 Å². The van der Waals surface area contributed by atoms with E-state index in [-0.39, 0.29) is 36.8 Å². The van der Waals surface area contributed by atoms with Crippen molar-refractivity contribution in [2.75, 3.05) is 13.1 Å². The van der Waals surface area contributed by atoms with Crippen molar-refractivity contribution < 1.29 is 4.79 Å². The number of benzene rings is 1. The molecule has 3 rings (SSSR count). The normalized spacial score (nSPS) is 16.5. The first-order valence-corrected chi connectivity index (χ1v) is 8.97. The zero-order valence-electron chi connectivity index (χ0n) is 14.5. The van der Waals surface area contributed by atoms with Crippen LogP contribution in [0.25, 0.3) is 11.3 Å². The first-order chi connectivity index (χ1) is 11.1. The fraction of sp³-hybridized carbons (Fsp3) is 0.444. The summed E-state index contributed by atoms with van der Waals surface area (Å²) in [7, 11) is 0. The number of hydrogen-bond acceptors (Lipinski definition) is 4. The van der Waals surface area contributed by atoms with Crippen LogP contribution in [0.5, 0.6) is 0 Å². The van der Waals surface area contributed by atoms with Gasteiger partial charge >= 0.3 is 0 Å². The van der Waals surface area contributed by atoms with E-state index in [2.05, 4.69) is 46.8 Å². The quantitative estimate of drug-likeness (QED) is 0.821. The van der Waals surface area contributed by atoms with Gasteiger partial charge in [0.2, 0.25) is 5.91 Å². The summed E-state index contributed by atoms with van der Waals surface area (Å²) in [6, 6.07) is 8.59. The van der Waals surface area contributed by atoms with Crippen molar-refractivity contribution in [1.29, 1.82) is 0 Å². The third-order valence-corrected chi connectivity index (χ3v) is 5.08. The maximum atomic E-state index is 12.4. The number of hydrogen-bond donors (Lipinski definition) is 2. The molecule has 1 aromatic carbocycles. The van der Waals surface area contributed by atoms with Gasteiger partial charge in [-0.1, -0.05) is 29.8 Å². The van der Waals surface area contributed by atoms with Crippen LogP contribution >= 0.6 is 36.2 Å². The van der Waals surface area contributed by atoms with Gasteiger partial charge in [-0.15, -0.1) is 36.2 Å². The second-order valence-electron chi connectivity index (χ2n) is 6.16. The molecule has 2 N–H and O–H groups in total. The van der Waals surface area contributed by atoms with Crippen LogP contribution in [0.1, 0.15) is 28.3 Å². The molecular formula is C18H25Cl2N3OS. The third kappa shape index (κ3) is 5.96. The molecule has 0 spiro atoms. The fourth-order valence-electron chi connectivity index (χ4n) is 2.93. The van der Waals surface area contributed by atoms with Crippen LogP contribution in [-0.4, -0.2) is 30.0 Å². The number of carbonyl (C=O) groups excluding carboxylic acids is 1. The molecule has 1 aliphatic rings. The Kier molecular flexibility index (Phi) is 8.86. The SMILES string of the molecule is Cc1ccc(-c2nc(C)sc2CC(=O)N[C@H]2CCCNC2)cc1.Cl.Cl. The topological polar surface area (TPSA) is 54.0 Å². The first-order valence-electron chi connectivity index (χ1n) is 8.15. The van der Waals surface area contributed by atoms with Crippen LogP contribution in [0.3, 0.4) is 0 Å². The molecule has 2 aromatic rings. The molecule has 1 aliphatic heterocycles. The van der Waals surface area contributed by atoms with Crippen LogP contribution in [0.2, 0.25) is 0 Å². The zero-order valence-corrected chi connectivity index (χ0v) is 17.0. The van der Waals surface area contributed by atoms with Crippen molar-refractivity contribution in [1.82, 2.24) is 15.6 Å². The summed E-state index contributed by atoms with van der Waals surface area (Å²) >= 11 is 1.62. The number of aryl methyl sites for hydroxylation is 2. The Balaban J connectivity index is 0.00000156. The van der Waals surface area contributed by atoms with E-state index in [1.807, 2.05) is 6.92 Å². The van der Waals surface area contributed by atoms with E-state index in [0.29, 0.717) is 6.42 Å². The summed E-state index contributed by atoms with van der Waals surface area (Å²) in [5, 5.41) is 7.47. The fourth-order valence-corrected chi connectivity index (χ4v) is 3.88. The van der Waals surface area contributed by atoms with Gasteiger partial charge in [-0.2, -0.15) is 0 Å². The van der Waals surface area contributed by atoms with Gasteiger partial charge in [0.1, 0.15) is 0 Å². The van der Waals surface area contributed by atoms with E-state index in [1.165, 1.54) is 5.56 Å². The first kappa shape index (κ1) is 21.9. The Morgan fingerprint density at radius 2 is 2.00 bits per heavy atom. The minimum Gasteiger partial charge on any atom is -0.352 e. The number of halogens is 2. The molecule has 2 heterocycles. The summed E-state index contributed by atoms with van der Waals surface area (Å²) in [5.74, 6) is 0.0933. The predicted molar refractivity (Wildman–Crippen MR) is 109 cm³/mol. The molecule has 0 unspecified atom stereocenters. The van der Waals surface area contributed by atoms with Gasteiger partial charge in [0.05, 0.1) is 17.1 Å². The van der Waals surface area contributed by atoms with Gasteiger partial charge in [-0.3, -0.25) is 4.79 Å². The van der Waals surface area contributed by atoms with Gasteiger partial charge in [-0.05, 0) is 33.2 Å². The summed E-state index contributed by atoms with van der Waals surface area (Å²) in [5.41, 5.74) is 3.26. The van der Waals surface area contributed by atoms with Gasteiger partial charge in [0.25, 0.3) is 0 Å². The minimum absolute atomic E-state index is 0. The summed E-state index contributed by atoms with van der Waals surface area (Å²) in [4.78, 5) is 18.1. The molecule has 1 aromatic heterocycles. The van der Waals surface area contributed by atoms with Gasteiger partial charge < -0.3 is 10.6 Å². The average molecular weight is 402 g/mol. The Labute approximate surface area is 165 Å². The second-order valence-corrected chi connectivity index (χ2v) is 7.45. The molecular weight excluding hydrogens is 377 g/mol. The smallest absolute Gasteiger partial charge is 0.225 e.